The van der Waals surface area contributed by atoms with Crippen molar-refractivity contribution < 1.29 is 41.4 Å². The van der Waals surface area contributed by atoms with E-state index >= 15 is 0 Å². The van der Waals surface area contributed by atoms with E-state index in [4.69, 9.17) is 5.11 Å². The van der Waals surface area contributed by atoms with Crippen molar-refractivity contribution in [3.63, 3.8) is 0 Å². The van der Waals surface area contributed by atoms with Crippen molar-refractivity contribution in [1.82, 2.24) is 5.32 Å². The van der Waals surface area contributed by atoms with Crippen LogP contribution in [0.2, 0.25) is 0 Å². The number of ether oxygens (including phenoxy) is 1. The van der Waals surface area contributed by atoms with Crippen molar-refractivity contribution >= 4 is 11.9 Å². The second kappa shape index (κ2) is 6.48. The summed E-state index contributed by atoms with van der Waals surface area (Å²) in [5.41, 5.74) is -1.77. The summed E-state index contributed by atoms with van der Waals surface area (Å²) in [7, 11) is 1.08. The van der Waals surface area contributed by atoms with Crippen molar-refractivity contribution in [2.24, 2.45) is 0 Å². The summed E-state index contributed by atoms with van der Waals surface area (Å²) in [4.78, 5) is 22.2. The molecule has 10 heteroatoms. The molecule has 0 saturated carbocycles. The maximum Gasteiger partial charge on any atom is 0.328 e. The molecule has 1 aromatic rings. The Morgan fingerprint density at radius 3 is 1.86 bits per heavy atom. The highest BCUT2D eigenvalue weighted by Crippen LogP contribution is 2.22. The van der Waals surface area contributed by atoms with E-state index in [1.807, 2.05) is 0 Å². The first-order valence-corrected chi connectivity index (χ1v) is 5.26. The van der Waals surface area contributed by atoms with Gasteiger partial charge in [0.15, 0.2) is 29.3 Å². The normalized spacial score (nSPS) is 12.1. The van der Waals surface area contributed by atoms with Crippen LogP contribution in [-0.4, -0.2) is 36.7 Å². The van der Waals surface area contributed by atoms with Crippen LogP contribution in [0.4, 0.5) is 22.0 Å². The largest absolute Gasteiger partial charge is 0.480 e. The van der Waals surface area contributed by atoms with Gasteiger partial charge >= 0.3 is 5.97 Å². The van der Waals surface area contributed by atoms with Gasteiger partial charge in [-0.2, -0.15) is 0 Å². The number of aliphatic carboxylic acids is 1. The molecule has 116 valence electrons. The molecule has 0 saturated heterocycles. The van der Waals surface area contributed by atoms with E-state index in [2.05, 4.69) is 4.74 Å². The van der Waals surface area contributed by atoms with Crippen molar-refractivity contribution in [3.8, 4) is 0 Å². The van der Waals surface area contributed by atoms with Crippen molar-refractivity contribution in [2.75, 3.05) is 13.7 Å². The molecule has 0 aliphatic rings. The van der Waals surface area contributed by atoms with Crippen LogP contribution in [-0.2, 0) is 9.53 Å². The molecule has 1 aromatic carbocycles. The lowest BCUT2D eigenvalue weighted by Crippen LogP contribution is -2.44. The highest BCUT2D eigenvalue weighted by Gasteiger charge is 2.31. The highest BCUT2D eigenvalue weighted by molar-refractivity contribution is 5.97. The summed E-state index contributed by atoms with van der Waals surface area (Å²) < 4.78 is 69.7. The number of carbonyl (C=O) groups excluding carboxylic acids is 1. The Morgan fingerprint density at radius 2 is 1.48 bits per heavy atom. The van der Waals surface area contributed by atoms with Crippen molar-refractivity contribution in [3.05, 3.63) is 34.6 Å². The quantitative estimate of drug-likeness (QED) is 0.487. The molecule has 21 heavy (non-hydrogen) atoms. The first-order valence-electron chi connectivity index (χ1n) is 5.26. The third-order valence-corrected chi connectivity index (χ3v) is 2.37. The highest BCUT2D eigenvalue weighted by atomic mass is 19.2. The molecule has 1 atom stereocenters. The monoisotopic (exact) mass is 313 g/mol. The van der Waals surface area contributed by atoms with Gasteiger partial charge in [0.25, 0.3) is 5.91 Å². The van der Waals surface area contributed by atoms with Gasteiger partial charge in [-0.3, -0.25) is 4.79 Å². The number of hydrogen-bond donors (Lipinski definition) is 2. The summed E-state index contributed by atoms with van der Waals surface area (Å²) in [5.74, 6) is -15.1. The minimum Gasteiger partial charge on any atom is -0.480 e. The molecular weight excluding hydrogens is 305 g/mol. The first kappa shape index (κ1) is 16.8. The number of carboxylic acid groups (broad SMARTS) is 1. The second-order valence-electron chi connectivity index (χ2n) is 3.76. The maximum atomic E-state index is 13.3. The molecule has 0 spiro atoms. The lowest BCUT2D eigenvalue weighted by molar-refractivity contribution is -0.140. The number of carbonyl (C=O) groups is 2. The van der Waals surface area contributed by atoms with E-state index in [0.29, 0.717) is 0 Å². The van der Waals surface area contributed by atoms with E-state index in [9.17, 15) is 31.5 Å². The number of hydrogen-bond acceptors (Lipinski definition) is 3. The zero-order valence-electron chi connectivity index (χ0n) is 10.3. The predicted molar refractivity (Wildman–Crippen MR) is 57.0 cm³/mol. The maximum absolute atomic E-state index is 13.3. The molecule has 5 nitrogen and oxygen atoms in total. The number of benzene rings is 1. The molecule has 0 radical (unpaired) electrons. The molecule has 1 unspecified atom stereocenters. The van der Waals surface area contributed by atoms with Gasteiger partial charge in [0.05, 0.1) is 6.61 Å². The average Bonchev–Trinajstić information content (AvgIpc) is 2.42. The third kappa shape index (κ3) is 3.27. The molecule has 0 bridgehead atoms. The van der Waals surface area contributed by atoms with Gasteiger partial charge in [-0.15, -0.1) is 0 Å². The molecule has 0 heterocycles. The van der Waals surface area contributed by atoms with Crippen LogP contribution < -0.4 is 5.32 Å². The van der Waals surface area contributed by atoms with Gasteiger partial charge < -0.3 is 15.2 Å². The van der Waals surface area contributed by atoms with Crippen LogP contribution in [0.25, 0.3) is 0 Å². The Hall–Kier alpha value is -2.23. The predicted octanol–water partition coefficient (Wildman–Crippen LogP) is 1.21. The SMILES string of the molecule is COCC(NC(=O)c1c(F)c(F)c(F)c(F)c1F)C(=O)O. The van der Waals surface area contributed by atoms with Gasteiger partial charge in [0.2, 0.25) is 5.82 Å². The van der Waals surface area contributed by atoms with Gasteiger partial charge in [0, 0.05) is 7.11 Å². The summed E-state index contributed by atoms with van der Waals surface area (Å²) in [5, 5.41) is 10.3. The molecule has 1 amide bonds. The fourth-order valence-electron chi connectivity index (χ4n) is 1.38. The Bertz CT molecular complexity index is 563. The standard InChI is InChI=1S/C11H8F5NO4/c1-21-2-3(11(19)20)17-10(18)4-5(12)7(14)9(16)8(15)6(4)13/h3H,2H2,1H3,(H,17,18)(H,19,20). The lowest BCUT2D eigenvalue weighted by Gasteiger charge is -2.14. The summed E-state index contributed by atoms with van der Waals surface area (Å²) in [6.07, 6.45) is 0. The molecule has 2 N–H and O–H groups in total. The van der Waals surface area contributed by atoms with E-state index < -0.39 is 59.2 Å². The molecule has 0 aliphatic carbocycles. The van der Waals surface area contributed by atoms with E-state index in [1.54, 1.807) is 5.32 Å². The van der Waals surface area contributed by atoms with Gasteiger partial charge in [-0.1, -0.05) is 0 Å². The van der Waals surface area contributed by atoms with Crippen LogP contribution in [0.5, 0.6) is 0 Å². The molecule has 0 fully saturated rings. The van der Waals surface area contributed by atoms with Crippen LogP contribution in [0, 0.1) is 29.1 Å². The van der Waals surface area contributed by atoms with E-state index in [0.717, 1.165) is 7.11 Å². The second-order valence-corrected chi connectivity index (χ2v) is 3.76. The first-order chi connectivity index (χ1) is 9.72. The Balaban J connectivity index is 3.22. The van der Waals surface area contributed by atoms with E-state index in [-0.39, 0.29) is 0 Å². The van der Waals surface area contributed by atoms with Crippen LogP contribution >= 0.6 is 0 Å². The Kier molecular flexibility index (Phi) is 5.19. The molecule has 0 aliphatic heterocycles. The number of halogens is 5. The topological polar surface area (TPSA) is 75.6 Å². The number of rotatable bonds is 5. The summed E-state index contributed by atoms with van der Waals surface area (Å²) in [6, 6.07) is -1.72. The zero-order chi connectivity index (χ0) is 16.3. The van der Waals surface area contributed by atoms with Gasteiger partial charge in [-0.25, -0.2) is 26.7 Å². The number of amides is 1. The smallest absolute Gasteiger partial charge is 0.328 e. The number of nitrogens with one attached hydrogen (secondary N) is 1. The Labute approximate surface area is 114 Å². The molecule has 0 aromatic heterocycles. The fraction of sp³-hybridized carbons (Fsp3) is 0.273. The van der Waals surface area contributed by atoms with E-state index in [1.165, 1.54) is 0 Å². The number of carboxylic acids is 1. The zero-order valence-corrected chi connectivity index (χ0v) is 10.3. The van der Waals surface area contributed by atoms with Gasteiger partial charge in [-0.05, 0) is 0 Å². The lowest BCUT2D eigenvalue weighted by atomic mass is 10.1. The minimum atomic E-state index is -2.42. The van der Waals surface area contributed by atoms with Crippen LogP contribution in [0.15, 0.2) is 0 Å². The Morgan fingerprint density at radius 1 is 1.05 bits per heavy atom. The molecule has 1 rings (SSSR count). The summed E-state index contributed by atoms with van der Waals surface area (Å²) >= 11 is 0. The average molecular weight is 313 g/mol. The van der Waals surface area contributed by atoms with Crippen LogP contribution in [0.1, 0.15) is 10.4 Å². The third-order valence-electron chi connectivity index (χ3n) is 2.37. The van der Waals surface area contributed by atoms with Gasteiger partial charge in [0.1, 0.15) is 5.56 Å². The summed E-state index contributed by atoms with van der Waals surface area (Å²) in [6.45, 7) is -0.573. The van der Waals surface area contributed by atoms with Crippen molar-refractivity contribution in [1.29, 1.82) is 0 Å². The molecular formula is C11H8F5NO4. The van der Waals surface area contributed by atoms with Crippen molar-refractivity contribution in [2.45, 2.75) is 6.04 Å². The van der Waals surface area contributed by atoms with Crippen LogP contribution in [0.3, 0.4) is 0 Å². The fourth-order valence-corrected chi connectivity index (χ4v) is 1.38. The minimum absolute atomic E-state index is 0.573. The number of methoxy groups -OCH3 is 1.